The van der Waals surface area contributed by atoms with Crippen LogP contribution in [0.1, 0.15) is 55.6 Å². The number of nitrogens with one attached hydrogen (secondary N) is 3. The summed E-state index contributed by atoms with van der Waals surface area (Å²) in [5, 5.41) is 29.1. The SMILES string of the molecule is COc1cc(CN2CCNCC2c2cc(-c3ccccc3O)nnc2N)ccc1N1CCN(CCCNc2cc(-c3scnc3C)ccc2COC(=O)NC(C)(C)C)CC1. The van der Waals surface area contributed by atoms with E-state index in [-0.39, 0.29) is 23.9 Å². The van der Waals surface area contributed by atoms with Crippen LogP contribution in [0.3, 0.4) is 0 Å². The van der Waals surface area contributed by atoms with Crippen molar-refractivity contribution in [3.63, 3.8) is 0 Å². The molecule has 6 N–H and O–H groups in total. The first-order chi connectivity index (χ1) is 29.0. The van der Waals surface area contributed by atoms with E-state index in [1.54, 1.807) is 30.6 Å². The number of alkyl carbamates (subject to hydrolysis) is 1. The summed E-state index contributed by atoms with van der Waals surface area (Å²) < 4.78 is 11.6. The number of anilines is 3. The minimum atomic E-state index is -0.431. The van der Waals surface area contributed by atoms with E-state index in [0.717, 1.165) is 115 Å². The largest absolute Gasteiger partial charge is 0.507 e. The number of nitrogens with zero attached hydrogens (tertiary/aromatic N) is 6. The van der Waals surface area contributed by atoms with Gasteiger partial charge in [0.2, 0.25) is 0 Å². The first-order valence-electron chi connectivity index (χ1n) is 20.7. The van der Waals surface area contributed by atoms with E-state index in [9.17, 15) is 9.90 Å². The molecule has 15 heteroatoms. The highest BCUT2D eigenvalue weighted by Gasteiger charge is 2.28. The Balaban J connectivity index is 0.935. The maximum absolute atomic E-state index is 12.4. The molecule has 4 heterocycles. The van der Waals surface area contributed by atoms with Gasteiger partial charge in [-0.05, 0) is 88.2 Å². The maximum Gasteiger partial charge on any atom is 0.407 e. The lowest BCUT2D eigenvalue weighted by Crippen LogP contribution is -2.47. The molecule has 7 rings (SSSR count). The van der Waals surface area contributed by atoms with Crippen LogP contribution in [-0.4, -0.2) is 108 Å². The number of thiazole rings is 1. The minimum Gasteiger partial charge on any atom is -0.507 e. The maximum atomic E-state index is 12.4. The van der Waals surface area contributed by atoms with Gasteiger partial charge in [0.05, 0.1) is 40.6 Å². The van der Waals surface area contributed by atoms with Gasteiger partial charge in [-0.1, -0.05) is 30.3 Å². The molecule has 14 nitrogen and oxygen atoms in total. The predicted octanol–water partition coefficient (Wildman–Crippen LogP) is 6.67. The molecule has 1 unspecified atom stereocenters. The van der Waals surface area contributed by atoms with Gasteiger partial charge in [-0.2, -0.15) is 0 Å². The second kappa shape index (κ2) is 19.3. The van der Waals surface area contributed by atoms with Gasteiger partial charge < -0.3 is 41.2 Å². The number of aryl methyl sites for hydroxylation is 1. The highest BCUT2D eigenvalue weighted by Crippen LogP contribution is 2.36. The molecular formula is C45H58N10O4S. The quantitative estimate of drug-likeness (QED) is 0.0755. The van der Waals surface area contributed by atoms with Crippen LogP contribution in [0.4, 0.5) is 22.0 Å². The fraction of sp³-hybridized carbons (Fsp3) is 0.422. The van der Waals surface area contributed by atoms with E-state index in [4.69, 9.17) is 15.2 Å². The van der Waals surface area contributed by atoms with Crippen LogP contribution in [0.25, 0.3) is 21.7 Å². The lowest BCUT2D eigenvalue weighted by Gasteiger charge is -2.38. The molecule has 0 saturated carbocycles. The van der Waals surface area contributed by atoms with Gasteiger partial charge in [-0.15, -0.1) is 21.5 Å². The van der Waals surface area contributed by atoms with E-state index < -0.39 is 6.09 Å². The zero-order valence-electron chi connectivity index (χ0n) is 35.3. The predicted molar refractivity (Wildman–Crippen MR) is 240 cm³/mol. The van der Waals surface area contributed by atoms with Crippen LogP contribution in [0.15, 0.2) is 72.2 Å². The van der Waals surface area contributed by atoms with Gasteiger partial charge in [0, 0.05) is 86.8 Å². The Hall–Kier alpha value is -5.48. The number of hydrogen-bond donors (Lipinski definition) is 5. The first kappa shape index (κ1) is 42.6. The minimum absolute atomic E-state index is 0.0197. The number of phenols is 1. The van der Waals surface area contributed by atoms with Gasteiger partial charge in [-0.3, -0.25) is 9.80 Å². The van der Waals surface area contributed by atoms with E-state index >= 15 is 0 Å². The van der Waals surface area contributed by atoms with Crippen molar-refractivity contribution in [3.8, 4) is 33.2 Å². The van der Waals surface area contributed by atoms with Crippen LogP contribution >= 0.6 is 11.3 Å². The number of carbonyl (C=O) groups excluding carboxylic acids is 1. The number of nitrogens with two attached hydrogens (primary N) is 1. The van der Waals surface area contributed by atoms with Crippen LogP contribution in [-0.2, 0) is 17.9 Å². The lowest BCUT2D eigenvalue weighted by atomic mass is 10.0. The number of methoxy groups -OCH3 is 1. The van der Waals surface area contributed by atoms with Crippen LogP contribution in [0.2, 0.25) is 0 Å². The molecule has 2 saturated heterocycles. The number of aromatic nitrogens is 3. The van der Waals surface area contributed by atoms with Gasteiger partial charge in [0.25, 0.3) is 0 Å². The summed E-state index contributed by atoms with van der Waals surface area (Å²) in [6, 6.07) is 21.9. The molecular weight excluding hydrogens is 777 g/mol. The number of benzene rings is 3. The summed E-state index contributed by atoms with van der Waals surface area (Å²) in [6.07, 6.45) is 0.538. The number of aromatic hydroxyl groups is 1. The van der Waals surface area contributed by atoms with Crippen molar-refractivity contribution in [2.24, 2.45) is 0 Å². The smallest absolute Gasteiger partial charge is 0.407 e. The monoisotopic (exact) mass is 834 g/mol. The molecule has 2 aromatic heterocycles. The molecule has 0 aliphatic carbocycles. The summed E-state index contributed by atoms with van der Waals surface area (Å²) in [6.45, 7) is 16.6. The number of phenolic OH excluding ortho intramolecular Hbond substituents is 1. The van der Waals surface area contributed by atoms with E-state index in [1.165, 1.54) is 0 Å². The fourth-order valence-corrected chi connectivity index (χ4v) is 8.68. The molecule has 2 fully saturated rings. The molecule has 5 aromatic rings. The summed E-state index contributed by atoms with van der Waals surface area (Å²) in [7, 11) is 1.75. The number of amides is 1. The van der Waals surface area contributed by atoms with Crippen molar-refractivity contribution in [1.29, 1.82) is 0 Å². The normalized spacial score (nSPS) is 16.4. The molecule has 60 heavy (non-hydrogen) atoms. The fourth-order valence-electron chi connectivity index (χ4n) is 7.87. The first-order valence-corrected chi connectivity index (χ1v) is 21.6. The Labute approximate surface area is 357 Å². The van der Waals surface area contributed by atoms with Crippen LogP contribution in [0.5, 0.6) is 11.5 Å². The van der Waals surface area contributed by atoms with Crippen molar-refractivity contribution >= 4 is 34.6 Å². The Morgan fingerprint density at radius 3 is 2.60 bits per heavy atom. The summed E-state index contributed by atoms with van der Waals surface area (Å²) >= 11 is 1.63. The van der Waals surface area contributed by atoms with Crippen molar-refractivity contribution in [1.82, 2.24) is 35.6 Å². The molecule has 0 radical (unpaired) electrons. The van der Waals surface area contributed by atoms with Gasteiger partial charge in [-0.25, -0.2) is 9.78 Å². The Morgan fingerprint density at radius 2 is 1.85 bits per heavy atom. The zero-order valence-corrected chi connectivity index (χ0v) is 36.1. The molecule has 1 atom stereocenters. The van der Waals surface area contributed by atoms with Gasteiger partial charge >= 0.3 is 6.09 Å². The third-order valence-corrected chi connectivity index (χ3v) is 12.0. The standard InChI is InChI=1S/C45H58N10O4S/c1-30-42(60-29-49-30)32-12-13-33(28-59-44(57)50-45(2,3)4)36(24-32)48-15-8-17-53-19-21-54(22-20-53)38-14-11-31(23-41(38)58-5)27-55-18-16-47-26-39(55)35-25-37(51-52-43(35)46)34-9-6-7-10-40(34)56/h6-7,9-14,23-25,29,39,47-48,56H,8,15-22,26-28H2,1-5H3,(H2,46,52)(H,50,57). The molecule has 318 valence electrons. The number of carbonyl (C=O) groups is 1. The highest BCUT2D eigenvalue weighted by atomic mass is 32.1. The number of hydrogen-bond acceptors (Lipinski definition) is 14. The number of nitrogen functional groups attached to an aromatic ring is 1. The number of piperazine rings is 2. The van der Waals surface area contributed by atoms with Crippen molar-refractivity contribution in [3.05, 3.63) is 94.6 Å². The number of para-hydroxylation sites is 1. The second-order valence-electron chi connectivity index (χ2n) is 16.5. The van der Waals surface area contributed by atoms with E-state index in [0.29, 0.717) is 23.6 Å². The van der Waals surface area contributed by atoms with Gasteiger partial charge in [0.15, 0.2) is 5.82 Å². The van der Waals surface area contributed by atoms with Crippen LogP contribution < -0.4 is 31.3 Å². The molecule has 2 aliphatic rings. The molecule has 3 aromatic carbocycles. The lowest BCUT2D eigenvalue weighted by molar-refractivity contribution is 0.131. The van der Waals surface area contributed by atoms with Gasteiger partial charge in [0.1, 0.15) is 18.1 Å². The second-order valence-corrected chi connectivity index (χ2v) is 17.3. The Kier molecular flexibility index (Phi) is 13.7. The summed E-state index contributed by atoms with van der Waals surface area (Å²) in [4.78, 5) is 25.4. The summed E-state index contributed by atoms with van der Waals surface area (Å²) in [5.41, 5.74) is 16.3. The molecule has 2 aliphatic heterocycles. The van der Waals surface area contributed by atoms with Crippen molar-refractivity contribution in [2.75, 3.05) is 82.0 Å². The van der Waals surface area contributed by atoms with Crippen molar-refractivity contribution in [2.45, 2.75) is 58.8 Å². The summed E-state index contributed by atoms with van der Waals surface area (Å²) in [5.74, 6) is 1.42. The topological polar surface area (TPSA) is 166 Å². The Bertz CT molecular complexity index is 2240. The average Bonchev–Trinajstić information content (AvgIpc) is 3.67. The zero-order chi connectivity index (χ0) is 42.2. The van der Waals surface area contributed by atoms with E-state index in [1.807, 2.05) is 57.5 Å². The third kappa shape index (κ3) is 10.6. The van der Waals surface area contributed by atoms with Crippen LogP contribution in [0, 0.1) is 6.92 Å². The molecule has 1 amide bonds. The number of ether oxygens (including phenoxy) is 2. The third-order valence-electron chi connectivity index (χ3n) is 11.0. The average molecular weight is 835 g/mol. The van der Waals surface area contributed by atoms with E-state index in [2.05, 4.69) is 76.2 Å². The highest BCUT2D eigenvalue weighted by molar-refractivity contribution is 7.13. The number of rotatable bonds is 14. The molecule has 0 spiro atoms. The van der Waals surface area contributed by atoms with Crippen molar-refractivity contribution < 1.29 is 19.4 Å². The molecule has 0 bridgehead atoms. The Morgan fingerprint density at radius 1 is 1.03 bits per heavy atom.